The van der Waals surface area contributed by atoms with Gasteiger partial charge in [0.1, 0.15) is 0 Å². The summed E-state index contributed by atoms with van der Waals surface area (Å²) in [6.45, 7) is -0.665. The first-order valence-electron chi connectivity index (χ1n) is 35.6. The first kappa shape index (κ1) is 34.0. The second kappa shape index (κ2) is 18.8. The number of anilines is 3. The van der Waals surface area contributed by atoms with E-state index in [0.29, 0.717) is 17.1 Å². The number of para-hydroxylation sites is 5. The average molecular weight is 1090 g/mol. The molecule has 0 aliphatic carbocycles. The van der Waals surface area contributed by atoms with Crippen LogP contribution in [0.15, 0.2) is 315 Å². The molecule has 0 atom stereocenters. The van der Waals surface area contributed by atoms with E-state index in [1.54, 1.807) is 9.13 Å². The van der Waals surface area contributed by atoms with Gasteiger partial charge < -0.3 is 14.0 Å². The highest BCUT2D eigenvalue weighted by atomic mass is 28.3. The quantitative estimate of drug-likeness (QED) is 0.138. The van der Waals surface area contributed by atoms with Gasteiger partial charge in [0.15, 0.2) is 8.07 Å². The van der Waals surface area contributed by atoms with E-state index in [1.165, 1.54) is 0 Å². The lowest BCUT2D eigenvalue weighted by atomic mass is 9.34. The second-order valence-electron chi connectivity index (χ2n) is 21.1. The van der Waals surface area contributed by atoms with Crippen molar-refractivity contribution in [3.8, 4) is 44.8 Å². The van der Waals surface area contributed by atoms with Crippen molar-refractivity contribution in [3.63, 3.8) is 0 Å². The highest BCUT2D eigenvalue weighted by Gasteiger charge is 2.54. The molecule has 17 rings (SSSR count). The number of benzene rings is 13. The molecule has 3 nitrogen and oxygen atoms in total. The lowest BCUT2D eigenvalue weighted by Gasteiger charge is -2.48. The molecule has 0 saturated carbocycles. The van der Waals surface area contributed by atoms with Crippen LogP contribution in [-0.2, 0) is 0 Å². The minimum Gasteiger partial charge on any atom is -0.310 e. The van der Waals surface area contributed by atoms with Gasteiger partial charge in [0.05, 0.1) is 49.7 Å². The normalized spacial score (nSPS) is 15.8. The third kappa shape index (κ3) is 7.05. The van der Waals surface area contributed by atoms with Crippen LogP contribution < -0.4 is 42.0 Å². The van der Waals surface area contributed by atoms with Gasteiger partial charge in [-0.25, -0.2) is 0 Å². The SMILES string of the molecule is [2H]c1c([2H])c([2H])c2c(c1[2H])c1c([2H])c([2H])c([2H])c([2H])c1n2-c1ccc2c(c1)N(c1c(-c3ccccc3)cccc1-c1ccccc1)c1cc(-c3ccccc3)cc3c1B2c1ccc(-n2c4c([2H])c([2H])c([2H])c([2H])c4c4c([2H])c([2H])c([2H])c([2H])c42)cc1[Si]3(c1ccccc1)c1ccccc1. The Morgan fingerprint density at radius 3 is 1.23 bits per heavy atom. The van der Waals surface area contributed by atoms with Crippen molar-refractivity contribution >= 4 is 113 Å². The maximum absolute atomic E-state index is 9.69. The van der Waals surface area contributed by atoms with E-state index < -0.39 is 111 Å². The molecule has 0 bridgehead atoms. The van der Waals surface area contributed by atoms with E-state index in [0.717, 1.165) is 81.9 Å². The van der Waals surface area contributed by atoms with Crippen molar-refractivity contribution in [2.75, 3.05) is 4.90 Å². The zero-order valence-corrected chi connectivity index (χ0v) is 45.2. The molecule has 83 heavy (non-hydrogen) atoms. The van der Waals surface area contributed by atoms with Crippen LogP contribution in [0.3, 0.4) is 0 Å². The summed E-state index contributed by atoms with van der Waals surface area (Å²) in [7, 11) is -3.92. The van der Waals surface area contributed by atoms with Crippen LogP contribution in [0.1, 0.15) is 21.9 Å². The largest absolute Gasteiger partial charge is 0.310 e. The summed E-state index contributed by atoms with van der Waals surface area (Å²) in [6.07, 6.45) is 0. The van der Waals surface area contributed by atoms with Crippen molar-refractivity contribution < 1.29 is 21.9 Å². The summed E-state index contributed by atoms with van der Waals surface area (Å²) in [5.41, 5.74) is 10.7. The van der Waals surface area contributed by atoms with Gasteiger partial charge >= 0.3 is 0 Å². The first-order chi connectivity index (χ1) is 47.9. The molecule has 5 heteroatoms. The van der Waals surface area contributed by atoms with Gasteiger partial charge in [0, 0.05) is 55.4 Å². The van der Waals surface area contributed by atoms with Crippen LogP contribution in [0.2, 0.25) is 0 Å². The number of nitrogens with zero attached hydrogens (tertiary/aromatic N) is 3. The van der Waals surface area contributed by atoms with Gasteiger partial charge in [0.25, 0.3) is 0 Å². The molecule has 0 amide bonds. The Kier molecular flexibility index (Phi) is 7.70. The fraction of sp³-hybridized carbons (Fsp3) is 0. The van der Waals surface area contributed by atoms with Crippen LogP contribution in [0.5, 0.6) is 0 Å². The van der Waals surface area contributed by atoms with Gasteiger partial charge in [-0.3, -0.25) is 0 Å². The number of hydrogen-bond donors (Lipinski definition) is 0. The smallest absolute Gasteiger partial charge is 0.246 e. The predicted octanol–water partition coefficient (Wildman–Crippen LogP) is 14.9. The van der Waals surface area contributed by atoms with E-state index >= 15 is 0 Å². The number of aromatic nitrogens is 2. The Morgan fingerprint density at radius 1 is 0.325 bits per heavy atom. The summed E-state index contributed by atoms with van der Waals surface area (Å²) in [6, 6.07) is 66.0. The average Bonchev–Trinajstić information content (AvgIpc) is 1.14. The maximum Gasteiger partial charge on any atom is 0.246 e. The number of fused-ring (bicyclic) bond motifs is 10. The monoisotopic (exact) mass is 1090 g/mol. The highest BCUT2D eigenvalue weighted by molar-refractivity contribution is 7.26. The van der Waals surface area contributed by atoms with Gasteiger partial charge in [-0.2, -0.15) is 0 Å². The minimum absolute atomic E-state index is 0.0169. The molecule has 0 spiro atoms. The molecule has 0 unspecified atom stereocenters. The summed E-state index contributed by atoms with van der Waals surface area (Å²) in [4.78, 5) is 2.32. The first-order valence-corrected chi connectivity index (χ1v) is 29.6. The Bertz CT molecular complexity index is 5760. The van der Waals surface area contributed by atoms with E-state index in [9.17, 15) is 11.0 Å². The Labute approximate surface area is 506 Å². The third-order valence-electron chi connectivity index (χ3n) is 16.9. The predicted molar refractivity (Wildman–Crippen MR) is 354 cm³/mol. The molecule has 0 saturated heterocycles. The summed E-state index contributed by atoms with van der Waals surface area (Å²) in [5, 5.41) is 3.65. The second-order valence-corrected chi connectivity index (χ2v) is 24.8. The van der Waals surface area contributed by atoms with E-state index in [4.69, 9.17) is 11.0 Å². The van der Waals surface area contributed by atoms with Crippen LogP contribution >= 0.6 is 0 Å². The Balaban J connectivity index is 1.09. The molecular formula is C78H52BN3Si. The van der Waals surface area contributed by atoms with Crippen LogP contribution in [0.25, 0.3) is 88.4 Å². The summed E-state index contributed by atoms with van der Waals surface area (Å²) >= 11 is 0. The molecule has 2 aliphatic rings. The van der Waals surface area contributed by atoms with E-state index in [2.05, 4.69) is 108 Å². The van der Waals surface area contributed by atoms with Gasteiger partial charge in [-0.05, 0) is 108 Å². The fourth-order valence-corrected chi connectivity index (χ4v) is 18.9. The lowest BCUT2D eigenvalue weighted by Crippen LogP contribution is -2.87. The van der Waals surface area contributed by atoms with E-state index in [1.807, 2.05) is 115 Å². The van der Waals surface area contributed by atoms with Crippen LogP contribution in [0.4, 0.5) is 17.1 Å². The molecule has 0 N–H and O–H groups in total. The maximum atomic E-state index is 9.69. The molecule has 0 fully saturated rings. The minimum atomic E-state index is -3.92. The topological polar surface area (TPSA) is 13.1 Å². The van der Waals surface area contributed by atoms with Crippen molar-refractivity contribution in [1.82, 2.24) is 9.13 Å². The van der Waals surface area contributed by atoms with Crippen LogP contribution in [0, 0.1) is 0 Å². The zero-order valence-electron chi connectivity index (χ0n) is 60.2. The van der Waals surface area contributed by atoms with Crippen LogP contribution in [-0.4, -0.2) is 23.9 Å². The Morgan fingerprint density at radius 2 is 0.747 bits per heavy atom. The molecule has 2 aromatic heterocycles. The number of hydrogen-bond acceptors (Lipinski definition) is 1. The standard InChI is InChI=1S/C78H52BN3Si/c1-6-25-53(26-7-1)56-49-74-77-76(50-56)83(59-31-12-4-13-32-59,60-33-14-5-15-34-60)75-52-58(81-71-43-22-18-37-65(71)66-38-19-23-44-72(66)81)46-48-68(75)79(77)67-47-45-57(80-69-41-20-16-35-63(69)64-36-17-21-42-70(64)80)51-73(67)82(74)78-61(54-27-8-2-9-28-54)39-24-40-62(78)55-29-10-3-11-30-55/h1-52H/i16D,17D,18D,19D,20D,21D,22D,23D,35D,36D,37D,38D,41D,42D,43D,44D. The molecule has 0 radical (unpaired) electrons. The third-order valence-corrected chi connectivity index (χ3v) is 21.8. The molecule has 4 heterocycles. The van der Waals surface area contributed by atoms with Crippen molar-refractivity contribution in [2.45, 2.75) is 0 Å². The molecule has 2 aliphatic heterocycles. The molecule has 15 aromatic rings. The Hall–Kier alpha value is -10.5. The summed E-state index contributed by atoms with van der Waals surface area (Å²) < 4.78 is 152. The van der Waals surface area contributed by atoms with Crippen molar-refractivity contribution in [1.29, 1.82) is 0 Å². The molecule has 386 valence electrons. The number of rotatable bonds is 8. The molecular weight excluding hydrogens is 1020 g/mol. The summed E-state index contributed by atoms with van der Waals surface area (Å²) in [5.74, 6) is 0. The highest BCUT2D eigenvalue weighted by Crippen LogP contribution is 2.49. The van der Waals surface area contributed by atoms with Gasteiger partial charge in [0.2, 0.25) is 6.71 Å². The zero-order chi connectivity index (χ0) is 68.5. The van der Waals surface area contributed by atoms with Crippen molar-refractivity contribution in [3.05, 3.63) is 315 Å². The van der Waals surface area contributed by atoms with Gasteiger partial charge in [-0.15, -0.1) is 0 Å². The fourth-order valence-electron chi connectivity index (χ4n) is 13.6. The van der Waals surface area contributed by atoms with Crippen molar-refractivity contribution in [2.24, 2.45) is 0 Å². The lowest BCUT2D eigenvalue weighted by molar-refractivity contribution is 1.17. The molecule has 13 aromatic carbocycles. The van der Waals surface area contributed by atoms with Gasteiger partial charge in [-0.1, -0.05) is 266 Å². The van der Waals surface area contributed by atoms with E-state index in [-0.39, 0.29) is 43.6 Å².